The predicted molar refractivity (Wildman–Crippen MR) is 112 cm³/mol. The van der Waals surface area contributed by atoms with Gasteiger partial charge in [-0.25, -0.2) is 9.59 Å². The highest BCUT2D eigenvalue weighted by atomic mass is 16.5. The van der Waals surface area contributed by atoms with Crippen LogP contribution >= 0.6 is 0 Å². The molecule has 0 bridgehead atoms. The average molecular weight is 410 g/mol. The summed E-state index contributed by atoms with van der Waals surface area (Å²) in [6.07, 6.45) is 0.712. The summed E-state index contributed by atoms with van der Waals surface area (Å²) in [5, 5.41) is 5.43. The quantitative estimate of drug-likeness (QED) is 0.646. The lowest BCUT2D eigenvalue weighted by atomic mass is 9.95. The van der Waals surface area contributed by atoms with Gasteiger partial charge in [-0.2, -0.15) is 0 Å². The molecule has 7 heteroatoms. The van der Waals surface area contributed by atoms with E-state index in [0.29, 0.717) is 48.0 Å². The second-order valence-electron chi connectivity index (χ2n) is 6.89. The lowest BCUT2D eigenvalue weighted by Crippen LogP contribution is -2.45. The van der Waals surface area contributed by atoms with E-state index < -0.39 is 12.0 Å². The number of nitrogens with one attached hydrogen (secondary N) is 2. The summed E-state index contributed by atoms with van der Waals surface area (Å²) in [5.74, 6) is 0.617. The number of benzene rings is 2. The molecule has 0 radical (unpaired) electrons. The maximum Gasteiger partial charge on any atom is 0.338 e. The largest absolute Gasteiger partial charge is 0.493 e. The molecule has 2 aromatic rings. The van der Waals surface area contributed by atoms with Crippen LogP contribution in [0, 0.1) is 0 Å². The molecule has 0 fully saturated rings. The average Bonchev–Trinajstić information content (AvgIpc) is 2.76. The van der Waals surface area contributed by atoms with Gasteiger partial charge in [0.25, 0.3) is 0 Å². The molecule has 2 aromatic carbocycles. The third kappa shape index (κ3) is 4.92. The summed E-state index contributed by atoms with van der Waals surface area (Å²) in [5.41, 5.74) is 2.56. The fourth-order valence-electron chi connectivity index (χ4n) is 3.21. The van der Waals surface area contributed by atoms with E-state index >= 15 is 0 Å². The van der Waals surface area contributed by atoms with E-state index in [9.17, 15) is 9.59 Å². The number of hydrogen-bond acceptors (Lipinski definition) is 5. The SMILES string of the molecule is CCCOC(=O)C1=C(C)NC(=O)NC1c1ccc(OCc2ccccc2)c(OC)c1. The lowest BCUT2D eigenvalue weighted by Gasteiger charge is -2.28. The molecule has 1 aliphatic heterocycles. The van der Waals surface area contributed by atoms with Crippen molar-refractivity contribution in [3.8, 4) is 11.5 Å². The zero-order valence-electron chi connectivity index (χ0n) is 17.4. The number of carbonyl (C=O) groups excluding carboxylic acids is 2. The number of urea groups is 1. The number of amides is 2. The van der Waals surface area contributed by atoms with Crippen LogP contribution in [0.15, 0.2) is 59.8 Å². The maximum absolute atomic E-state index is 12.6. The molecule has 1 aliphatic rings. The van der Waals surface area contributed by atoms with Gasteiger partial charge in [-0.15, -0.1) is 0 Å². The monoisotopic (exact) mass is 410 g/mol. The van der Waals surface area contributed by atoms with Crippen molar-refractivity contribution in [2.45, 2.75) is 32.9 Å². The highest BCUT2D eigenvalue weighted by Crippen LogP contribution is 2.35. The van der Waals surface area contributed by atoms with Crippen molar-refractivity contribution in [1.82, 2.24) is 10.6 Å². The fraction of sp³-hybridized carbons (Fsp3) is 0.304. The van der Waals surface area contributed by atoms with Gasteiger partial charge in [-0.3, -0.25) is 0 Å². The van der Waals surface area contributed by atoms with Crippen molar-refractivity contribution in [2.24, 2.45) is 0 Å². The molecule has 1 atom stereocenters. The van der Waals surface area contributed by atoms with Crippen LogP contribution in [0.5, 0.6) is 11.5 Å². The Labute approximate surface area is 176 Å². The van der Waals surface area contributed by atoms with Crippen LogP contribution in [0.2, 0.25) is 0 Å². The molecule has 0 aliphatic carbocycles. The Balaban J connectivity index is 1.86. The van der Waals surface area contributed by atoms with Crippen molar-refractivity contribution in [3.05, 3.63) is 70.9 Å². The molecular formula is C23H26N2O5. The summed E-state index contributed by atoms with van der Waals surface area (Å²) < 4.78 is 16.7. The van der Waals surface area contributed by atoms with Crippen LogP contribution in [0.3, 0.4) is 0 Å². The summed E-state index contributed by atoms with van der Waals surface area (Å²) in [6.45, 7) is 4.31. The predicted octanol–water partition coefficient (Wildman–Crippen LogP) is 3.86. The van der Waals surface area contributed by atoms with E-state index in [1.165, 1.54) is 0 Å². The smallest absolute Gasteiger partial charge is 0.338 e. The minimum atomic E-state index is -0.653. The Morgan fingerprint density at radius 2 is 1.87 bits per heavy atom. The van der Waals surface area contributed by atoms with Gasteiger partial charge in [0.1, 0.15) is 6.61 Å². The molecule has 158 valence electrons. The molecule has 0 saturated heterocycles. The van der Waals surface area contributed by atoms with Gasteiger partial charge in [0.05, 0.1) is 25.3 Å². The van der Waals surface area contributed by atoms with E-state index in [1.807, 2.05) is 37.3 Å². The molecule has 0 spiro atoms. The minimum Gasteiger partial charge on any atom is -0.493 e. The fourth-order valence-corrected chi connectivity index (χ4v) is 3.21. The van der Waals surface area contributed by atoms with Crippen molar-refractivity contribution in [3.63, 3.8) is 0 Å². The van der Waals surface area contributed by atoms with Crippen LogP contribution in [0.4, 0.5) is 4.79 Å². The molecule has 0 saturated carbocycles. The van der Waals surface area contributed by atoms with Gasteiger partial charge in [-0.05, 0) is 36.6 Å². The molecule has 7 nitrogen and oxygen atoms in total. The van der Waals surface area contributed by atoms with E-state index in [-0.39, 0.29) is 6.03 Å². The van der Waals surface area contributed by atoms with E-state index in [0.717, 1.165) is 5.56 Å². The molecule has 30 heavy (non-hydrogen) atoms. The number of esters is 1. The van der Waals surface area contributed by atoms with Crippen molar-refractivity contribution < 1.29 is 23.8 Å². The van der Waals surface area contributed by atoms with Crippen LogP contribution in [0.25, 0.3) is 0 Å². The first-order chi connectivity index (χ1) is 14.5. The number of rotatable bonds is 8. The van der Waals surface area contributed by atoms with Gasteiger partial charge in [0.15, 0.2) is 11.5 Å². The standard InChI is InChI=1S/C23H26N2O5/c1-4-12-29-22(26)20-15(2)24-23(27)25-21(20)17-10-11-18(19(13-17)28-3)30-14-16-8-6-5-7-9-16/h5-11,13,21H,4,12,14H2,1-3H3,(H2,24,25,27). The van der Waals surface area contributed by atoms with Crippen molar-refractivity contribution in [2.75, 3.05) is 13.7 Å². The van der Waals surface area contributed by atoms with Crippen molar-refractivity contribution >= 4 is 12.0 Å². The molecule has 1 unspecified atom stereocenters. The van der Waals surface area contributed by atoms with Crippen LogP contribution in [-0.4, -0.2) is 25.7 Å². The summed E-state index contributed by atoms with van der Waals surface area (Å²) >= 11 is 0. The van der Waals surface area contributed by atoms with E-state index in [1.54, 1.807) is 32.2 Å². The van der Waals surface area contributed by atoms with Crippen LogP contribution in [0.1, 0.15) is 37.4 Å². The third-order valence-electron chi connectivity index (χ3n) is 4.68. The topological polar surface area (TPSA) is 85.9 Å². The second kappa shape index (κ2) is 9.82. The minimum absolute atomic E-state index is 0.311. The Hall–Kier alpha value is -3.48. The maximum atomic E-state index is 12.6. The second-order valence-corrected chi connectivity index (χ2v) is 6.89. The first-order valence-corrected chi connectivity index (χ1v) is 9.83. The van der Waals surface area contributed by atoms with E-state index in [2.05, 4.69) is 10.6 Å². The van der Waals surface area contributed by atoms with Gasteiger partial charge in [0, 0.05) is 5.70 Å². The zero-order chi connectivity index (χ0) is 21.5. The Bertz CT molecular complexity index is 940. The molecule has 2 N–H and O–H groups in total. The summed E-state index contributed by atoms with van der Waals surface area (Å²) in [7, 11) is 1.55. The third-order valence-corrected chi connectivity index (χ3v) is 4.68. The number of allylic oxidation sites excluding steroid dienone is 1. The summed E-state index contributed by atoms with van der Waals surface area (Å²) in [6, 6.07) is 14.1. The number of ether oxygens (including phenoxy) is 3. The highest BCUT2D eigenvalue weighted by Gasteiger charge is 2.32. The first kappa shape index (κ1) is 21.2. The number of hydrogen-bond donors (Lipinski definition) is 2. The van der Waals surface area contributed by atoms with Crippen LogP contribution in [-0.2, 0) is 16.1 Å². The summed E-state index contributed by atoms with van der Waals surface area (Å²) in [4.78, 5) is 24.7. The van der Waals surface area contributed by atoms with Gasteiger partial charge < -0.3 is 24.8 Å². The van der Waals surface area contributed by atoms with Gasteiger partial charge in [-0.1, -0.05) is 43.3 Å². The number of methoxy groups -OCH3 is 1. The number of carbonyl (C=O) groups is 2. The molecule has 1 heterocycles. The molecular weight excluding hydrogens is 384 g/mol. The van der Waals surface area contributed by atoms with Crippen molar-refractivity contribution in [1.29, 1.82) is 0 Å². The highest BCUT2D eigenvalue weighted by molar-refractivity contribution is 5.95. The van der Waals surface area contributed by atoms with Crippen LogP contribution < -0.4 is 20.1 Å². The Morgan fingerprint density at radius 3 is 2.57 bits per heavy atom. The Kier molecular flexibility index (Phi) is 6.95. The molecule has 2 amide bonds. The van der Waals surface area contributed by atoms with E-state index in [4.69, 9.17) is 14.2 Å². The molecule has 0 aromatic heterocycles. The normalized spacial score (nSPS) is 15.8. The lowest BCUT2D eigenvalue weighted by molar-refractivity contribution is -0.139. The first-order valence-electron chi connectivity index (χ1n) is 9.83. The zero-order valence-corrected chi connectivity index (χ0v) is 17.4. The van der Waals surface area contributed by atoms with Gasteiger partial charge >= 0.3 is 12.0 Å². The molecule has 3 rings (SSSR count). The Morgan fingerprint density at radius 1 is 1.10 bits per heavy atom. The van der Waals surface area contributed by atoms with Gasteiger partial charge in [0.2, 0.25) is 0 Å².